The Balaban J connectivity index is 2.22. The Morgan fingerprint density at radius 1 is 1.11 bits per heavy atom. The van der Waals surface area contributed by atoms with Crippen LogP contribution >= 0.6 is 0 Å². The molecular weight excluding hydrogens is 224 g/mol. The number of Topliss-reactive ketones (excluding diaryl/α,β-unsaturated/α-hetero) is 1. The summed E-state index contributed by atoms with van der Waals surface area (Å²) in [6.07, 6.45) is 0. The topological polar surface area (TPSA) is 55.1 Å². The second-order valence-corrected chi connectivity index (χ2v) is 4.17. The smallest absolute Gasteiger partial charge is 0.159 e. The normalized spacial score (nSPS) is 10.1. The van der Waals surface area contributed by atoms with Crippen LogP contribution in [0.15, 0.2) is 48.5 Å². The molecule has 0 unspecified atom stereocenters. The summed E-state index contributed by atoms with van der Waals surface area (Å²) in [4.78, 5) is 11.3. The van der Waals surface area contributed by atoms with Gasteiger partial charge in [0.1, 0.15) is 0 Å². The molecule has 0 aliphatic rings. The molecule has 3 nitrogen and oxygen atoms in total. The van der Waals surface area contributed by atoms with Crippen molar-refractivity contribution in [3.05, 3.63) is 59.7 Å². The maximum absolute atomic E-state index is 11.3. The zero-order valence-corrected chi connectivity index (χ0v) is 10.3. The third-order valence-electron chi connectivity index (χ3n) is 2.72. The number of carbonyl (C=O) groups excluding carboxylic acids is 1. The van der Waals surface area contributed by atoms with E-state index in [0.717, 1.165) is 16.9 Å². The number of carbonyl (C=O) groups is 1. The van der Waals surface area contributed by atoms with Crippen molar-refractivity contribution in [1.29, 1.82) is 0 Å². The number of anilines is 2. The second kappa shape index (κ2) is 5.47. The van der Waals surface area contributed by atoms with Crippen molar-refractivity contribution in [1.82, 2.24) is 0 Å². The van der Waals surface area contributed by atoms with E-state index in [4.69, 9.17) is 5.73 Å². The van der Waals surface area contributed by atoms with Crippen molar-refractivity contribution in [3.63, 3.8) is 0 Å². The van der Waals surface area contributed by atoms with Gasteiger partial charge in [0.2, 0.25) is 0 Å². The van der Waals surface area contributed by atoms with Gasteiger partial charge in [0.05, 0.1) is 0 Å². The Morgan fingerprint density at radius 3 is 2.44 bits per heavy atom. The molecule has 0 aliphatic carbocycles. The molecular formula is C15H16N2O. The highest BCUT2D eigenvalue weighted by Gasteiger charge is 2.01. The zero-order valence-electron chi connectivity index (χ0n) is 10.3. The van der Waals surface area contributed by atoms with E-state index in [1.54, 1.807) is 6.92 Å². The molecule has 92 valence electrons. The number of benzene rings is 2. The van der Waals surface area contributed by atoms with E-state index in [2.05, 4.69) is 5.32 Å². The summed E-state index contributed by atoms with van der Waals surface area (Å²) in [6.45, 7) is 2.08. The standard InChI is InChI=1S/C15H16N2O/c1-11(18)13-5-3-7-15(9-13)17-14-6-2-4-12(8-14)10-16/h2-9,17H,10,16H2,1H3. The second-order valence-electron chi connectivity index (χ2n) is 4.17. The Bertz CT molecular complexity index is 564. The van der Waals surface area contributed by atoms with Crippen LogP contribution in [-0.4, -0.2) is 5.78 Å². The molecule has 2 aromatic carbocycles. The molecule has 0 atom stereocenters. The van der Waals surface area contributed by atoms with Gasteiger partial charge in [0.15, 0.2) is 5.78 Å². The predicted octanol–water partition coefficient (Wildman–Crippen LogP) is 3.09. The van der Waals surface area contributed by atoms with Crippen molar-refractivity contribution in [2.75, 3.05) is 5.32 Å². The molecule has 0 saturated heterocycles. The molecule has 0 radical (unpaired) electrons. The van der Waals surface area contributed by atoms with Crippen LogP contribution in [0.25, 0.3) is 0 Å². The van der Waals surface area contributed by atoms with E-state index < -0.39 is 0 Å². The van der Waals surface area contributed by atoms with Crippen molar-refractivity contribution < 1.29 is 4.79 Å². The summed E-state index contributed by atoms with van der Waals surface area (Å²) in [6, 6.07) is 15.4. The van der Waals surface area contributed by atoms with E-state index in [1.165, 1.54) is 0 Å². The molecule has 0 fully saturated rings. The molecule has 0 bridgehead atoms. The number of hydrogen-bond acceptors (Lipinski definition) is 3. The molecule has 18 heavy (non-hydrogen) atoms. The van der Waals surface area contributed by atoms with Gasteiger partial charge in [-0.2, -0.15) is 0 Å². The highest BCUT2D eigenvalue weighted by molar-refractivity contribution is 5.95. The van der Waals surface area contributed by atoms with Crippen molar-refractivity contribution in [3.8, 4) is 0 Å². The van der Waals surface area contributed by atoms with Gasteiger partial charge < -0.3 is 11.1 Å². The van der Waals surface area contributed by atoms with Gasteiger partial charge in [-0.15, -0.1) is 0 Å². The summed E-state index contributed by atoms with van der Waals surface area (Å²) in [5.74, 6) is 0.0642. The first-order valence-corrected chi connectivity index (χ1v) is 5.86. The molecule has 0 aliphatic heterocycles. The van der Waals surface area contributed by atoms with Crippen molar-refractivity contribution in [2.45, 2.75) is 13.5 Å². The monoisotopic (exact) mass is 240 g/mol. The van der Waals surface area contributed by atoms with Crippen LogP contribution in [0, 0.1) is 0 Å². The molecule has 2 aromatic rings. The lowest BCUT2D eigenvalue weighted by Crippen LogP contribution is -1.98. The van der Waals surface area contributed by atoms with Gasteiger partial charge in [0, 0.05) is 23.5 Å². The van der Waals surface area contributed by atoms with Crippen molar-refractivity contribution >= 4 is 17.2 Å². The Labute approximate surface area is 107 Å². The number of nitrogens with two attached hydrogens (primary N) is 1. The molecule has 3 heteroatoms. The third kappa shape index (κ3) is 2.96. The maximum atomic E-state index is 11.3. The van der Waals surface area contributed by atoms with Crippen LogP contribution in [0.5, 0.6) is 0 Å². The zero-order chi connectivity index (χ0) is 13.0. The van der Waals surface area contributed by atoms with Gasteiger partial charge in [-0.05, 0) is 36.8 Å². The highest BCUT2D eigenvalue weighted by atomic mass is 16.1. The molecule has 0 saturated carbocycles. The fourth-order valence-electron chi connectivity index (χ4n) is 1.76. The third-order valence-corrected chi connectivity index (χ3v) is 2.72. The summed E-state index contributed by atoms with van der Waals surface area (Å²) >= 11 is 0. The highest BCUT2D eigenvalue weighted by Crippen LogP contribution is 2.19. The van der Waals surface area contributed by atoms with Crippen molar-refractivity contribution in [2.24, 2.45) is 5.73 Å². The quantitative estimate of drug-likeness (QED) is 0.807. The van der Waals surface area contributed by atoms with Crippen LogP contribution in [-0.2, 0) is 6.54 Å². The first kappa shape index (κ1) is 12.3. The van der Waals surface area contributed by atoms with E-state index in [1.807, 2.05) is 48.5 Å². The maximum Gasteiger partial charge on any atom is 0.159 e. The number of nitrogens with one attached hydrogen (secondary N) is 1. The SMILES string of the molecule is CC(=O)c1cccc(Nc2cccc(CN)c2)c1. The Kier molecular flexibility index (Phi) is 3.75. The summed E-state index contributed by atoms with van der Waals surface area (Å²) < 4.78 is 0. The summed E-state index contributed by atoms with van der Waals surface area (Å²) in [5, 5.41) is 3.27. The Hall–Kier alpha value is -2.13. The first-order chi connectivity index (χ1) is 8.69. The van der Waals surface area contributed by atoms with Gasteiger partial charge in [-0.25, -0.2) is 0 Å². The minimum atomic E-state index is 0.0642. The largest absolute Gasteiger partial charge is 0.355 e. The van der Waals surface area contributed by atoms with Gasteiger partial charge in [-0.3, -0.25) is 4.79 Å². The number of rotatable bonds is 4. The lowest BCUT2D eigenvalue weighted by molar-refractivity contribution is 0.101. The first-order valence-electron chi connectivity index (χ1n) is 5.86. The predicted molar refractivity (Wildman–Crippen MR) is 74.1 cm³/mol. The fourth-order valence-corrected chi connectivity index (χ4v) is 1.76. The number of ketones is 1. The molecule has 0 aromatic heterocycles. The van der Waals surface area contributed by atoms with Gasteiger partial charge >= 0.3 is 0 Å². The average molecular weight is 240 g/mol. The summed E-state index contributed by atoms with van der Waals surface area (Å²) in [7, 11) is 0. The Morgan fingerprint density at radius 2 is 1.78 bits per heavy atom. The lowest BCUT2D eigenvalue weighted by atomic mass is 10.1. The van der Waals surface area contributed by atoms with E-state index in [0.29, 0.717) is 12.1 Å². The van der Waals surface area contributed by atoms with E-state index in [9.17, 15) is 4.79 Å². The fraction of sp³-hybridized carbons (Fsp3) is 0.133. The van der Waals surface area contributed by atoms with Crippen LogP contribution < -0.4 is 11.1 Å². The molecule has 0 heterocycles. The molecule has 0 amide bonds. The molecule has 3 N–H and O–H groups in total. The lowest BCUT2D eigenvalue weighted by Gasteiger charge is -2.08. The van der Waals surface area contributed by atoms with E-state index >= 15 is 0 Å². The average Bonchev–Trinajstić information content (AvgIpc) is 2.39. The molecule has 0 spiro atoms. The van der Waals surface area contributed by atoms with Crippen LogP contribution in [0.1, 0.15) is 22.8 Å². The van der Waals surface area contributed by atoms with Crippen LogP contribution in [0.2, 0.25) is 0 Å². The minimum Gasteiger partial charge on any atom is -0.355 e. The van der Waals surface area contributed by atoms with E-state index in [-0.39, 0.29) is 5.78 Å². The van der Waals surface area contributed by atoms with Crippen LogP contribution in [0.3, 0.4) is 0 Å². The summed E-state index contributed by atoms with van der Waals surface area (Å²) in [5.41, 5.74) is 9.25. The van der Waals surface area contributed by atoms with Gasteiger partial charge in [-0.1, -0.05) is 24.3 Å². The minimum absolute atomic E-state index is 0.0642. The molecule has 2 rings (SSSR count). The van der Waals surface area contributed by atoms with Crippen LogP contribution in [0.4, 0.5) is 11.4 Å². The van der Waals surface area contributed by atoms with Gasteiger partial charge in [0.25, 0.3) is 0 Å². The number of hydrogen-bond donors (Lipinski definition) is 2.